The maximum Gasteiger partial charge on any atom is 0.417 e. The Hall–Kier alpha value is -2.30. The van der Waals surface area contributed by atoms with Crippen LogP contribution in [-0.4, -0.2) is 5.78 Å². The van der Waals surface area contributed by atoms with E-state index < -0.39 is 11.7 Å². The number of carbonyl (C=O) groups excluding carboxylic acids is 1. The Bertz CT molecular complexity index is 662. The maximum atomic E-state index is 13.0. The molecule has 0 saturated heterocycles. The van der Waals surface area contributed by atoms with Crippen molar-refractivity contribution in [2.24, 2.45) is 0 Å². The fourth-order valence-electron chi connectivity index (χ4n) is 2.03. The highest BCUT2D eigenvalue weighted by Crippen LogP contribution is 2.37. The van der Waals surface area contributed by atoms with Crippen LogP contribution < -0.4 is 5.73 Å². The second-order valence-electron chi connectivity index (χ2n) is 4.40. The standard InChI is InChI=1S/C15H12F3NO/c1-9(20)11-7-6-10(8-14(11)19)12-4-2-3-5-13(12)15(16,17)18/h2-8H,19H2,1H3. The number of hydrogen-bond donors (Lipinski definition) is 1. The highest BCUT2D eigenvalue weighted by Gasteiger charge is 2.33. The number of benzene rings is 2. The third-order valence-electron chi connectivity index (χ3n) is 2.97. The summed E-state index contributed by atoms with van der Waals surface area (Å²) in [6.45, 7) is 1.36. The van der Waals surface area contributed by atoms with E-state index >= 15 is 0 Å². The molecule has 0 saturated carbocycles. The highest BCUT2D eigenvalue weighted by atomic mass is 19.4. The lowest BCUT2D eigenvalue weighted by Crippen LogP contribution is -2.07. The highest BCUT2D eigenvalue weighted by molar-refractivity contribution is 5.99. The van der Waals surface area contributed by atoms with Gasteiger partial charge in [-0.1, -0.05) is 24.3 Å². The number of halogens is 3. The Balaban J connectivity index is 2.59. The third-order valence-corrected chi connectivity index (χ3v) is 2.97. The van der Waals surface area contributed by atoms with Gasteiger partial charge in [-0.2, -0.15) is 13.2 Å². The smallest absolute Gasteiger partial charge is 0.398 e. The van der Waals surface area contributed by atoms with Crippen molar-refractivity contribution in [1.29, 1.82) is 0 Å². The van der Waals surface area contributed by atoms with E-state index in [-0.39, 0.29) is 17.0 Å². The van der Waals surface area contributed by atoms with Gasteiger partial charge in [-0.15, -0.1) is 0 Å². The van der Waals surface area contributed by atoms with Crippen LogP contribution in [0.2, 0.25) is 0 Å². The first-order chi connectivity index (χ1) is 9.30. The number of ketones is 1. The SMILES string of the molecule is CC(=O)c1ccc(-c2ccccc2C(F)(F)F)cc1N. The molecule has 0 bridgehead atoms. The van der Waals surface area contributed by atoms with Gasteiger partial charge >= 0.3 is 6.18 Å². The summed E-state index contributed by atoms with van der Waals surface area (Å²) in [6, 6.07) is 9.56. The van der Waals surface area contributed by atoms with Crippen molar-refractivity contribution < 1.29 is 18.0 Å². The average molecular weight is 279 g/mol. The van der Waals surface area contributed by atoms with Gasteiger partial charge in [0.05, 0.1) is 5.56 Å². The second-order valence-corrected chi connectivity index (χ2v) is 4.40. The van der Waals surface area contributed by atoms with Crippen molar-refractivity contribution in [3.05, 3.63) is 53.6 Å². The zero-order valence-electron chi connectivity index (χ0n) is 10.7. The van der Waals surface area contributed by atoms with Gasteiger partial charge in [0.25, 0.3) is 0 Å². The van der Waals surface area contributed by atoms with Crippen LogP contribution in [0.3, 0.4) is 0 Å². The summed E-state index contributed by atoms with van der Waals surface area (Å²) in [5.41, 5.74) is 5.84. The molecule has 0 atom stereocenters. The number of nitrogens with two attached hydrogens (primary N) is 1. The fourth-order valence-corrected chi connectivity index (χ4v) is 2.03. The number of carbonyl (C=O) groups is 1. The lowest BCUT2D eigenvalue weighted by atomic mass is 9.97. The molecule has 2 aromatic carbocycles. The summed E-state index contributed by atoms with van der Waals surface area (Å²) >= 11 is 0. The van der Waals surface area contributed by atoms with Crippen molar-refractivity contribution in [2.75, 3.05) is 5.73 Å². The number of rotatable bonds is 2. The van der Waals surface area contributed by atoms with Gasteiger partial charge in [0, 0.05) is 11.3 Å². The number of Topliss-reactive ketones (excluding diaryl/α,β-unsaturated/α-hetero) is 1. The molecule has 104 valence electrons. The molecule has 2 nitrogen and oxygen atoms in total. The van der Waals surface area contributed by atoms with Crippen LogP contribution in [0, 0.1) is 0 Å². The summed E-state index contributed by atoms with van der Waals surface area (Å²) in [6.07, 6.45) is -4.44. The second kappa shape index (κ2) is 5.00. The molecular weight excluding hydrogens is 267 g/mol. The van der Waals surface area contributed by atoms with E-state index in [1.165, 1.54) is 43.3 Å². The Labute approximate surface area is 114 Å². The molecule has 0 radical (unpaired) electrons. The predicted octanol–water partition coefficient (Wildman–Crippen LogP) is 4.16. The van der Waals surface area contributed by atoms with Crippen LogP contribution in [0.1, 0.15) is 22.8 Å². The van der Waals surface area contributed by atoms with E-state index in [0.717, 1.165) is 6.07 Å². The monoisotopic (exact) mass is 279 g/mol. The van der Waals surface area contributed by atoms with Crippen molar-refractivity contribution in [3.8, 4) is 11.1 Å². The molecular formula is C15H12F3NO. The predicted molar refractivity (Wildman–Crippen MR) is 71.3 cm³/mol. The van der Waals surface area contributed by atoms with Gasteiger partial charge in [-0.05, 0) is 36.2 Å². The summed E-state index contributed by atoms with van der Waals surface area (Å²) in [5, 5.41) is 0. The fraction of sp³-hybridized carbons (Fsp3) is 0.133. The molecule has 2 N–H and O–H groups in total. The van der Waals surface area contributed by atoms with Crippen molar-refractivity contribution in [1.82, 2.24) is 0 Å². The van der Waals surface area contributed by atoms with Crippen LogP contribution in [0.25, 0.3) is 11.1 Å². The number of anilines is 1. The van der Waals surface area contributed by atoms with Gasteiger partial charge in [0.15, 0.2) is 5.78 Å². The molecule has 0 spiro atoms. The summed E-state index contributed by atoms with van der Waals surface area (Å²) in [7, 11) is 0. The summed E-state index contributed by atoms with van der Waals surface area (Å²) in [5.74, 6) is -0.224. The molecule has 2 aromatic rings. The van der Waals surface area contributed by atoms with Gasteiger partial charge in [0.2, 0.25) is 0 Å². The van der Waals surface area contributed by atoms with Crippen molar-refractivity contribution in [2.45, 2.75) is 13.1 Å². The molecule has 20 heavy (non-hydrogen) atoms. The molecule has 5 heteroatoms. The van der Waals surface area contributed by atoms with Crippen molar-refractivity contribution in [3.63, 3.8) is 0 Å². The number of nitrogen functional groups attached to an aromatic ring is 1. The van der Waals surface area contributed by atoms with E-state index in [1.54, 1.807) is 0 Å². The van der Waals surface area contributed by atoms with Crippen LogP contribution in [0.5, 0.6) is 0 Å². The Morgan fingerprint density at radius 1 is 1.10 bits per heavy atom. The molecule has 0 fully saturated rings. The molecule has 0 unspecified atom stereocenters. The topological polar surface area (TPSA) is 43.1 Å². The van der Waals surface area contributed by atoms with E-state index in [2.05, 4.69) is 0 Å². The van der Waals surface area contributed by atoms with Crippen molar-refractivity contribution >= 4 is 11.5 Å². The molecule has 2 rings (SSSR count). The van der Waals surface area contributed by atoms with Crippen LogP contribution in [0.4, 0.5) is 18.9 Å². The third kappa shape index (κ3) is 2.66. The van der Waals surface area contributed by atoms with E-state index in [9.17, 15) is 18.0 Å². The van der Waals surface area contributed by atoms with Gasteiger partial charge in [0.1, 0.15) is 0 Å². The number of alkyl halides is 3. The molecule has 0 aliphatic carbocycles. The first-order valence-corrected chi connectivity index (χ1v) is 5.88. The zero-order valence-corrected chi connectivity index (χ0v) is 10.7. The average Bonchev–Trinajstić information content (AvgIpc) is 2.37. The Morgan fingerprint density at radius 2 is 1.75 bits per heavy atom. The van der Waals surface area contributed by atoms with Crippen LogP contribution in [-0.2, 0) is 6.18 Å². The first kappa shape index (κ1) is 14.1. The number of hydrogen-bond acceptors (Lipinski definition) is 2. The van der Waals surface area contributed by atoms with Crippen LogP contribution >= 0.6 is 0 Å². The molecule has 0 amide bonds. The summed E-state index contributed by atoms with van der Waals surface area (Å²) in [4.78, 5) is 11.3. The minimum absolute atomic E-state index is 0.0433. The van der Waals surface area contributed by atoms with Gasteiger partial charge in [-0.3, -0.25) is 4.79 Å². The molecule has 0 aromatic heterocycles. The van der Waals surface area contributed by atoms with E-state index in [1.807, 2.05) is 0 Å². The molecule has 0 aliphatic heterocycles. The normalized spacial score (nSPS) is 11.4. The molecule has 0 aliphatic rings. The Morgan fingerprint density at radius 3 is 2.30 bits per heavy atom. The minimum Gasteiger partial charge on any atom is -0.398 e. The summed E-state index contributed by atoms with van der Waals surface area (Å²) < 4.78 is 38.9. The van der Waals surface area contributed by atoms with E-state index in [4.69, 9.17) is 5.73 Å². The zero-order chi connectivity index (χ0) is 14.9. The van der Waals surface area contributed by atoms with E-state index in [0.29, 0.717) is 11.1 Å². The first-order valence-electron chi connectivity index (χ1n) is 5.88. The minimum atomic E-state index is -4.44. The maximum absolute atomic E-state index is 13.0. The quantitative estimate of drug-likeness (QED) is 0.662. The van der Waals surface area contributed by atoms with Gasteiger partial charge in [-0.25, -0.2) is 0 Å². The lowest BCUT2D eigenvalue weighted by molar-refractivity contribution is -0.137. The largest absolute Gasteiger partial charge is 0.417 e. The van der Waals surface area contributed by atoms with Gasteiger partial charge < -0.3 is 5.73 Å². The lowest BCUT2D eigenvalue weighted by Gasteiger charge is -2.13. The Kier molecular flexibility index (Phi) is 3.53. The van der Waals surface area contributed by atoms with Crippen LogP contribution in [0.15, 0.2) is 42.5 Å². The molecule has 0 heterocycles.